The molecule has 0 spiro atoms. The fraction of sp³-hybridized carbons (Fsp3) is 0.789. The van der Waals surface area contributed by atoms with Crippen LogP contribution in [-0.4, -0.2) is 11.4 Å². The molecule has 0 aromatic heterocycles. The average Bonchev–Trinajstić information content (AvgIpc) is 2.90. The average molecular weight is 314 g/mol. The molecule has 4 rings (SSSR count). The van der Waals surface area contributed by atoms with Crippen LogP contribution in [0.3, 0.4) is 0 Å². The van der Waals surface area contributed by atoms with E-state index >= 15 is 0 Å². The first-order valence-corrected chi connectivity index (χ1v) is 9.28. The number of fused-ring (bicyclic) bond motifs is 5. The summed E-state index contributed by atoms with van der Waals surface area (Å²) in [7, 11) is 0. The highest BCUT2D eigenvalue weighted by molar-refractivity contribution is 5.96. The minimum Gasteiger partial charge on any atom is -0.323 e. The summed E-state index contributed by atoms with van der Waals surface area (Å²) in [6, 6.07) is 0. The van der Waals surface area contributed by atoms with Crippen molar-refractivity contribution in [2.24, 2.45) is 50.5 Å². The summed E-state index contributed by atoms with van der Waals surface area (Å²) < 4.78 is 0. The van der Waals surface area contributed by atoms with Crippen molar-refractivity contribution in [3.05, 3.63) is 11.6 Å². The Morgan fingerprint density at radius 3 is 2.43 bits per heavy atom. The molecule has 126 valence electrons. The van der Waals surface area contributed by atoms with Crippen LogP contribution in [0.15, 0.2) is 21.9 Å². The summed E-state index contributed by atoms with van der Waals surface area (Å²) in [5.74, 6) is 13.7. The second kappa shape index (κ2) is 5.09. The molecule has 4 nitrogen and oxygen atoms in total. The molecule has 0 radical (unpaired) electrons. The number of nitrogens with zero attached hydrogens (tertiary/aromatic N) is 2. The first kappa shape index (κ1) is 15.2. The van der Waals surface area contributed by atoms with Crippen LogP contribution in [0.25, 0.3) is 0 Å². The van der Waals surface area contributed by atoms with E-state index in [0.717, 1.165) is 36.3 Å². The van der Waals surface area contributed by atoms with Gasteiger partial charge in [0.25, 0.3) is 0 Å². The maximum Gasteiger partial charge on any atom is 0.0600 e. The third kappa shape index (κ3) is 1.96. The smallest absolute Gasteiger partial charge is 0.0600 e. The Morgan fingerprint density at radius 2 is 1.70 bits per heavy atom. The van der Waals surface area contributed by atoms with E-state index in [0.29, 0.717) is 5.41 Å². The summed E-state index contributed by atoms with van der Waals surface area (Å²) in [6.45, 7) is 4.94. The van der Waals surface area contributed by atoms with Gasteiger partial charge < -0.3 is 11.7 Å². The molecular formula is C19H30N4. The van der Waals surface area contributed by atoms with E-state index in [1.54, 1.807) is 5.57 Å². The van der Waals surface area contributed by atoms with Crippen molar-refractivity contribution in [2.45, 2.75) is 65.2 Å². The van der Waals surface area contributed by atoms with Crippen LogP contribution in [-0.2, 0) is 0 Å². The molecule has 4 aliphatic rings. The number of nitrogens with two attached hydrogens (primary N) is 2. The maximum atomic E-state index is 5.71. The van der Waals surface area contributed by atoms with Gasteiger partial charge in [-0.3, -0.25) is 0 Å². The van der Waals surface area contributed by atoms with Crippen molar-refractivity contribution < 1.29 is 0 Å². The highest BCUT2D eigenvalue weighted by Crippen LogP contribution is 2.64. The van der Waals surface area contributed by atoms with E-state index in [9.17, 15) is 0 Å². The second-order valence-electron chi connectivity index (χ2n) is 8.69. The molecule has 23 heavy (non-hydrogen) atoms. The first-order valence-electron chi connectivity index (χ1n) is 9.28. The molecule has 4 N–H and O–H groups in total. The third-order valence-corrected chi connectivity index (χ3v) is 8.04. The van der Waals surface area contributed by atoms with Gasteiger partial charge in [-0.2, -0.15) is 10.2 Å². The zero-order valence-corrected chi connectivity index (χ0v) is 14.5. The summed E-state index contributed by atoms with van der Waals surface area (Å²) in [4.78, 5) is 0. The minimum absolute atomic E-state index is 0.270. The molecule has 3 fully saturated rings. The van der Waals surface area contributed by atoms with Gasteiger partial charge in [-0.05, 0) is 80.6 Å². The van der Waals surface area contributed by atoms with Crippen LogP contribution in [0, 0.1) is 28.6 Å². The molecule has 4 aliphatic carbocycles. The first-order chi connectivity index (χ1) is 11.0. The number of hydrogen-bond acceptors (Lipinski definition) is 4. The van der Waals surface area contributed by atoms with E-state index in [4.69, 9.17) is 11.7 Å². The van der Waals surface area contributed by atoms with Crippen LogP contribution in [0.4, 0.5) is 0 Å². The Hall–Kier alpha value is -1.32. The maximum absolute atomic E-state index is 5.71. The van der Waals surface area contributed by atoms with Crippen molar-refractivity contribution in [1.29, 1.82) is 0 Å². The fourth-order valence-electron chi connectivity index (χ4n) is 6.67. The van der Waals surface area contributed by atoms with Crippen molar-refractivity contribution in [2.75, 3.05) is 0 Å². The molecule has 4 heteroatoms. The van der Waals surface area contributed by atoms with E-state index < -0.39 is 0 Å². The number of hydrogen-bond donors (Lipinski definition) is 2. The highest BCUT2D eigenvalue weighted by Gasteiger charge is 2.58. The van der Waals surface area contributed by atoms with Crippen molar-refractivity contribution in [3.8, 4) is 0 Å². The normalized spacial score (nSPS) is 49.5. The molecule has 0 amide bonds. The zero-order valence-electron chi connectivity index (χ0n) is 14.5. The molecule has 0 aliphatic heterocycles. The van der Waals surface area contributed by atoms with E-state index in [2.05, 4.69) is 30.1 Å². The Labute approximate surface area is 139 Å². The third-order valence-electron chi connectivity index (χ3n) is 8.04. The molecule has 0 unspecified atom stereocenters. The van der Waals surface area contributed by atoms with Crippen LogP contribution < -0.4 is 11.7 Å². The van der Waals surface area contributed by atoms with Gasteiger partial charge in [0.2, 0.25) is 0 Å². The highest BCUT2D eigenvalue weighted by atomic mass is 15.1. The Bertz CT molecular complexity index is 604. The van der Waals surface area contributed by atoms with Crippen molar-refractivity contribution in [1.82, 2.24) is 0 Å². The lowest BCUT2D eigenvalue weighted by atomic mass is 9.47. The molecule has 0 aromatic carbocycles. The van der Waals surface area contributed by atoms with Gasteiger partial charge in [0.05, 0.1) is 5.71 Å². The monoisotopic (exact) mass is 314 g/mol. The number of hydrazone groups is 2. The molecule has 0 aromatic rings. The predicted octanol–water partition coefficient (Wildman–Crippen LogP) is 3.58. The molecule has 3 saturated carbocycles. The van der Waals surface area contributed by atoms with Crippen LogP contribution in [0.2, 0.25) is 0 Å². The summed E-state index contributed by atoms with van der Waals surface area (Å²) >= 11 is 0. The summed E-state index contributed by atoms with van der Waals surface area (Å²) in [5, 5.41) is 8.15. The molecule has 0 heterocycles. The van der Waals surface area contributed by atoms with Gasteiger partial charge in [-0.1, -0.05) is 19.4 Å². The van der Waals surface area contributed by atoms with Gasteiger partial charge in [0.15, 0.2) is 0 Å². The van der Waals surface area contributed by atoms with Crippen molar-refractivity contribution in [3.63, 3.8) is 0 Å². The largest absolute Gasteiger partial charge is 0.323 e. The Balaban J connectivity index is 1.68. The molecule has 5 atom stereocenters. The fourth-order valence-corrected chi connectivity index (χ4v) is 6.67. The van der Waals surface area contributed by atoms with E-state index in [-0.39, 0.29) is 5.41 Å². The lowest BCUT2D eigenvalue weighted by Crippen LogP contribution is -2.50. The molecular weight excluding hydrogens is 284 g/mol. The molecule has 0 bridgehead atoms. The SMILES string of the molecule is C[C@]12CC/C(=N\N)C=C1CC[C@@H]1[C@H]3CC/C(=N\N)[C@@]3(C)CC[C@@H]12. The van der Waals surface area contributed by atoms with Crippen LogP contribution in [0.5, 0.6) is 0 Å². The second-order valence-corrected chi connectivity index (χ2v) is 8.69. The van der Waals surface area contributed by atoms with Crippen molar-refractivity contribution >= 4 is 11.4 Å². The van der Waals surface area contributed by atoms with Gasteiger partial charge in [0, 0.05) is 11.1 Å². The lowest BCUT2D eigenvalue weighted by Gasteiger charge is -2.57. The summed E-state index contributed by atoms with van der Waals surface area (Å²) in [5.41, 5.74) is 4.62. The zero-order chi connectivity index (χ0) is 16.2. The van der Waals surface area contributed by atoms with Gasteiger partial charge in [-0.15, -0.1) is 0 Å². The Morgan fingerprint density at radius 1 is 0.913 bits per heavy atom. The van der Waals surface area contributed by atoms with Crippen LogP contribution >= 0.6 is 0 Å². The minimum atomic E-state index is 0.270. The molecule has 0 saturated heterocycles. The quantitative estimate of drug-likeness (QED) is 0.529. The van der Waals surface area contributed by atoms with E-state index in [1.807, 2.05) is 0 Å². The number of allylic oxidation sites excluding steroid dienone is 2. The Kier molecular flexibility index (Phi) is 3.37. The van der Waals surface area contributed by atoms with Gasteiger partial charge in [-0.25, -0.2) is 0 Å². The summed E-state index contributed by atoms with van der Waals surface area (Å²) in [6.07, 6.45) is 12.1. The predicted molar refractivity (Wildman–Crippen MR) is 94.9 cm³/mol. The van der Waals surface area contributed by atoms with Gasteiger partial charge in [0.1, 0.15) is 0 Å². The van der Waals surface area contributed by atoms with Gasteiger partial charge >= 0.3 is 0 Å². The standard InChI is InChI=1S/C19H30N4/c1-18-9-7-13(22-20)11-12(18)3-4-14-15-5-6-17(23-21)19(15,2)10-8-16(14)18/h11,14-16H,3-10,20-21H2,1-2H3/b22-13+,23-17+/t14-,15-,16+,18+,19+/m1/s1. The number of rotatable bonds is 0. The van der Waals surface area contributed by atoms with E-state index in [1.165, 1.54) is 44.2 Å². The topological polar surface area (TPSA) is 76.8 Å². The van der Waals surface area contributed by atoms with Crippen LogP contribution in [0.1, 0.15) is 65.2 Å². The lowest BCUT2D eigenvalue weighted by molar-refractivity contribution is -0.0154.